The molecule has 1 amide bonds. The highest BCUT2D eigenvalue weighted by atomic mass is 35.5. The first-order valence-electron chi connectivity index (χ1n) is 13.7. The third-order valence-corrected chi connectivity index (χ3v) is 7.35. The summed E-state index contributed by atoms with van der Waals surface area (Å²) in [7, 11) is 3.24. The lowest BCUT2D eigenvalue weighted by Gasteiger charge is -2.21. The van der Waals surface area contributed by atoms with Crippen molar-refractivity contribution in [3.63, 3.8) is 0 Å². The smallest absolute Gasteiger partial charge is 0.273 e. The van der Waals surface area contributed by atoms with Gasteiger partial charge in [0.15, 0.2) is 5.76 Å². The molecule has 0 aliphatic carbocycles. The average molecular weight is 599 g/mol. The van der Waals surface area contributed by atoms with Crippen molar-refractivity contribution in [3.05, 3.63) is 89.3 Å². The van der Waals surface area contributed by atoms with Gasteiger partial charge in [-0.15, -0.1) is 0 Å². The van der Waals surface area contributed by atoms with Gasteiger partial charge < -0.3 is 24.4 Å². The number of nitrogens with one attached hydrogen (secondary N) is 2. The van der Waals surface area contributed by atoms with Crippen LogP contribution >= 0.6 is 11.6 Å². The summed E-state index contributed by atoms with van der Waals surface area (Å²) in [6.07, 6.45) is 2.35. The van der Waals surface area contributed by atoms with Gasteiger partial charge in [0.05, 0.1) is 36.6 Å². The van der Waals surface area contributed by atoms with Gasteiger partial charge in [0.1, 0.15) is 28.2 Å². The summed E-state index contributed by atoms with van der Waals surface area (Å²) < 4.78 is 25.7. The average Bonchev–Trinajstić information content (AvgIpc) is 3.67. The van der Waals surface area contributed by atoms with Gasteiger partial charge in [-0.05, 0) is 55.0 Å². The molecule has 0 fully saturated rings. The van der Waals surface area contributed by atoms with E-state index >= 15 is 0 Å². The zero-order chi connectivity index (χ0) is 30.1. The Labute approximate surface area is 251 Å². The number of anilines is 1. The SMILES string of the molecule is CCCN(Cc1nc2ccc(-c3cnc(-c4ccc(NC)c(F)c4)o3)cc2[nH]1)C(=O)c1nc(Cl)cc2c(OC)cccc12. The molecule has 0 spiro atoms. The second-order valence-electron chi connectivity index (χ2n) is 9.97. The fourth-order valence-electron chi connectivity index (χ4n) is 5.09. The first kappa shape index (κ1) is 28.2. The zero-order valence-corrected chi connectivity index (χ0v) is 24.5. The quantitative estimate of drug-likeness (QED) is 0.168. The topological polar surface area (TPSA) is 109 Å². The summed E-state index contributed by atoms with van der Waals surface area (Å²) in [5.74, 6) is 1.44. The molecule has 218 valence electrons. The number of fused-ring (bicyclic) bond motifs is 2. The molecule has 0 saturated heterocycles. The Bertz CT molecular complexity index is 1970. The molecule has 2 N–H and O–H groups in total. The van der Waals surface area contributed by atoms with E-state index in [1.54, 1.807) is 43.5 Å². The fourth-order valence-corrected chi connectivity index (χ4v) is 5.29. The maximum Gasteiger partial charge on any atom is 0.273 e. The summed E-state index contributed by atoms with van der Waals surface area (Å²) in [5.41, 5.74) is 3.48. The highest BCUT2D eigenvalue weighted by Gasteiger charge is 2.23. The summed E-state index contributed by atoms with van der Waals surface area (Å²) in [6, 6.07) is 17.6. The van der Waals surface area contributed by atoms with Crippen molar-refractivity contribution in [2.75, 3.05) is 26.0 Å². The number of pyridine rings is 1. The predicted octanol–water partition coefficient (Wildman–Crippen LogP) is 7.33. The third-order valence-electron chi connectivity index (χ3n) is 7.15. The number of aromatic amines is 1. The van der Waals surface area contributed by atoms with Gasteiger partial charge in [0, 0.05) is 35.5 Å². The van der Waals surface area contributed by atoms with E-state index in [9.17, 15) is 9.18 Å². The van der Waals surface area contributed by atoms with Crippen LogP contribution in [-0.2, 0) is 6.54 Å². The Hall–Kier alpha value is -4.96. The number of benzene rings is 3. The van der Waals surface area contributed by atoms with Crippen LogP contribution in [0.4, 0.5) is 10.1 Å². The maximum atomic E-state index is 14.3. The summed E-state index contributed by atoms with van der Waals surface area (Å²) in [5, 5.41) is 4.39. The molecule has 43 heavy (non-hydrogen) atoms. The number of aromatic nitrogens is 4. The third kappa shape index (κ3) is 5.49. The number of hydrogen-bond donors (Lipinski definition) is 2. The number of ether oxygens (including phenoxy) is 1. The molecule has 9 nitrogen and oxygen atoms in total. The molecule has 0 aliphatic heterocycles. The number of nitrogens with zero attached hydrogens (tertiary/aromatic N) is 4. The molecule has 0 atom stereocenters. The van der Waals surface area contributed by atoms with Gasteiger partial charge in [0.2, 0.25) is 5.89 Å². The van der Waals surface area contributed by atoms with E-state index in [0.29, 0.717) is 46.4 Å². The molecule has 0 aliphatic rings. The van der Waals surface area contributed by atoms with E-state index in [2.05, 4.69) is 20.3 Å². The molecule has 3 aromatic heterocycles. The first-order chi connectivity index (χ1) is 20.9. The first-order valence-corrected chi connectivity index (χ1v) is 14.1. The van der Waals surface area contributed by atoms with Crippen molar-refractivity contribution in [1.29, 1.82) is 0 Å². The van der Waals surface area contributed by atoms with Crippen molar-refractivity contribution in [2.45, 2.75) is 19.9 Å². The van der Waals surface area contributed by atoms with E-state index in [0.717, 1.165) is 28.4 Å². The number of hydrogen-bond acceptors (Lipinski definition) is 7. The monoisotopic (exact) mass is 598 g/mol. The van der Waals surface area contributed by atoms with Crippen LogP contribution < -0.4 is 10.1 Å². The lowest BCUT2D eigenvalue weighted by molar-refractivity contribution is 0.0735. The van der Waals surface area contributed by atoms with Crippen molar-refractivity contribution in [2.24, 2.45) is 0 Å². The van der Waals surface area contributed by atoms with Gasteiger partial charge in [-0.2, -0.15) is 0 Å². The van der Waals surface area contributed by atoms with E-state index in [-0.39, 0.29) is 29.1 Å². The number of halogens is 2. The van der Waals surface area contributed by atoms with Crippen molar-refractivity contribution < 1.29 is 18.3 Å². The molecular weight excluding hydrogens is 571 g/mol. The number of carbonyl (C=O) groups excluding carboxylic acids is 1. The summed E-state index contributed by atoms with van der Waals surface area (Å²) >= 11 is 6.33. The Morgan fingerprint density at radius 3 is 2.70 bits per heavy atom. The second-order valence-corrected chi connectivity index (χ2v) is 10.4. The van der Waals surface area contributed by atoms with E-state index in [1.165, 1.54) is 6.07 Å². The van der Waals surface area contributed by atoms with E-state index in [1.807, 2.05) is 43.3 Å². The lowest BCUT2D eigenvalue weighted by atomic mass is 10.1. The number of oxazole rings is 1. The molecule has 0 unspecified atom stereocenters. The normalized spacial score (nSPS) is 11.3. The number of rotatable bonds is 9. The number of H-pyrrole nitrogens is 1. The van der Waals surface area contributed by atoms with Crippen LogP contribution in [0.1, 0.15) is 29.7 Å². The number of amides is 1. The molecule has 6 aromatic rings. The van der Waals surface area contributed by atoms with Gasteiger partial charge in [-0.1, -0.05) is 30.7 Å². The highest BCUT2D eigenvalue weighted by Crippen LogP contribution is 2.32. The van der Waals surface area contributed by atoms with E-state index < -0.39 is 0 Å². The number of methoxy groups -OCH3 is 1. The standard InChI is InChI=1S/C32H28ClFN6O3/c1-4-12-40(32(41)30-20-6-5-7-26(42-3)21(20)15-28(33)39-30)17-29-37-24-11-8-18(14-25(24)38-29)27-16-36-31(43-27)19-9-10-23(35-2)22(34)13-19/h5-11,13-16,35H,4,12,17H2,1-3H3,(H,37,38). The minimum atomic E-state index is -0.388. The van der Waals surface area contributed by atoms with Gasteiger partial charge in [-0.25, -0.2) is 19.3 Å². The Kier molecular flexibility index (Phi) is 7.69. The lowest BCUT2D eigenvalue weighted by Crippen LogP contribution is -2.32. The van der Waals surface area contributed by atoms with Crippen LogP contribution in [0.25, 0.3) is 44.6 Å². The van der Waals surface area contributed by atoms with Crippen LogP contribution in [0.3, 0.4) is 0 Å². The molecule has 6 rings (SSSR count). The molecule has 3 heterocycles. The molecule has 3 aromatic carbocycles. The minimum absolute atomic E-state index is 0.212. The molecular formula is C32H28ClFN6O3. The van der Waals surface area contributed by atoms with Crippen molar-refractivity contribution >= 4 is 45.0 Å². The van der Waals surface area contributed by atoms with Crippen LogP contribution in [0.5, 0.6) is 5.75 Å². The predicted molar refractivity (Wildman–Crippen MR) is 165 cm³/mol. The van der Waals surface area contributed by atoms with Gasteiger partial charge in [0.25, 0.3) is 5.91 Å². The van der Waals surface area contributed by atoms with Gasteiger partial charge in [-0.3, -0.25) is 4.79 Å². The van der Waals surface area contributed by atoms with E-state index in [4.69, 9.17) is 25.7 Å². The Morgan fingerprint density at radius 2 is 1.93 bits per heavy atom. The van der Waals surface area contributed by atoms with Crippen LogP contribution in [0, 0.1) is 5.82 Å². The largest absolute Gasteiger partial charge is 0.496 e. The van der Waals surface area contributed by atoms with Crippen molar-refractivity contribution in [3.8, 4) is 28.5 Å². The van der Waals surface area contributed by atoms with Crippen LogP contribution in [0.15, 0.2) is 71.3 Å². The number of imidazole rings is 1. The summed E-state index contributed by atoms with van der Waals surface area (Å²) in [6.45, 7) is 2.75. The minimum Gasteiger partial charge on any atom is -0.496 e. The molecule has 11 heteroatoms. The maximum absolute atomic E-state index is 14.3. The second kappa shape index (κ2) is 11.7. The van der Waals surface area contributed by atoms with Gasteiger partial charge >= 0.3 is 0 Å². The van der Waals surface area contributed by atoms with Crippen LogP contribution in [-0.4, -0.2) is 51.4 Å². The summed E-state index contributed by atoms with van der Waals surface area (Å²) in [4.78, 5) is 32.3. The Morgan fingerprint density at radius 1 is 1.09 bits per heavy atom. The fraction of sp³-hybridized carbons (Fsp3) is 0.188. The highest BCUT2D eigenvalue weighted by molar-refractivity contribution is 6.30. The number of carbonyl (C=O) groups is 1. The molecule has 0 bridgehead atoms. The molecule has 0 radical (unpaired) electrons. The molecule has 0 saturated carbocycles. The zero-order valence-electron chi connectivity index (χ0n) is 23.7. The Balaban J connectivity index is 1.27. The van der Waals surface area contributed by atoms with Crippen LogP contribution in [0.2, 0.25) is 5.15 Å². The van der Waals surface area contributed by atoms with Crippen molar-refractivity contribution in [1.82, 2.24) is 24.8 Å².